The lowest BCUT2D eigenvalue weighted by molar-refractivity contribution is -0.143. The SMILES string of the molecule is O=C(CCC1CCCCC1NC(=O)OCC1c2ccccc2-c2ccccc21)N[C@@H](CO)C(=O)O. The van der Waals surface area contributed by atoms with E-state index >= 15 is 0 Å². The fraction of sp³-hybridized carbons (Fsp3) is 0.444. The highest BCUT2D eigenvalue weighted by atomic mass is 16.5. The summed E-state index contributed by atoms with van der Waals surface area (Å²) in [4.78, 5) is 35.9. The highest BCUT2D eigenvalue weighted by molar-refractivity contribution is 5.83. The molecule has 1 saturated carbocycles. The van der Waals surface area contributed by atoms with Gasteiger partial charge in [-0.25, -0.2) is 9.59 Å². The van der Waals surface area contributed by atoms with Crippen LogP contribution >= 0.6 is 0 Å². The molecule has 2 aromatic carbocycles. The van der Waals surface area contributed by atoms with Crippen LogP contribution in [-0.4, -0.2) is 53.5 Å². The van der Waals surface area contributed by atoms with Crippen molar-refractivity contribution in [3.63, 3.8) is 0 Å². The van der Waals surface area contributed by atoms with Gasteiger partial charge in [-0.15, -0.1) is 0 Å². The smallest absolute Gasteiger partial charge is 0.407 e. The number of nitrogens with one attached hydrogen (secondary N) is 2. The first kappa shape index (κ1) is 24.7. The maximum atomic E-state index is 12.7. The van der Waals surface area contributed by atoms with Gasteiger partial charge in [0.15, 0.2) is 0 Å². The molecule has 0 aromatic heterocycles. The summed E-state index contributed by atoms with van der Waals surface area (Å²) in [6.45, 7) is -0.409. The number of carbonyl (C=O) groups excluding carboxylic acids is 2. The summed E-state index contributed by atoms with van der Waals surface area (Å²) in [7, 11) is 0. The number of aliphatic carboxylic acids is 1. The maximum Gasteiger partial charge on any atom is 0.407 e. The second-order valence-electron chi connectivity index (χ2n) is 9.30. The molecule has 1 fully saturated rings. The van der Waals surface area contributed by atoms with Crippen molar-refractivity contribution in [2.24, 2.45) is 5.92 Å². The average Bonchev–Trinajstić information content (AvgIpc) is 3.19. The van der Waals surface area contributed by atoms with Crippen molar-refractivity contribution in [1.29, 1.82) is 0 Å². The molecule has 4 N–H and O–H groups in total. The molecular formula is C27H32N2O6. The molecule has 2 aromatic rings. The van der Waals surface area contributed by atoms with Gasteiger partial charge in [-0.05, 0) is 47.4 Å². The van der Waals surface area contributed by atoms with E-state index in [4.69, 9.17) is 14.9 Å². The summed E-state index contributed by atoms with van der Waals surface area (Å²) >= 11 is 0. The first-order chi connectivity index (χ1) is 17.0. The molecule has 4 rings (SSSR count). The number of hydrogen-bond acceptors (Lipinski definition) is 5. The third kappa shape index (κ3) is 5.82. The van der Waals surface area contributed by atoms with Crippen LogP contribution < -0.4 is 10.6 Å². The van der Waals surface area contributed by atoms with Crippen molar-refractivity contribution < 1.29 is 29.3 Å². The van der Waals surface area contributed by atoms with Crippen LogP contribution in [0.4, 0.5) is 4.79 Å². The average molecular weight is 481 g/mol. The Kier molecular flexibility index (Phi) is 8.02. The zero-order chi connectivity index (χ0) is 24.8. The number of fused-ring (bicyclic) bond motifs is 3. The Morgan fingerprint density at radius 1 is 0.971 bits per heavy atom. The van der Waals surface area contributed by atoms with Gasteiger partial charge in [-0.3, -0.25) is 4.79 Å². The van der Waals surface area contributed by atoms with Crippen molar-refractivity contribution in [2.75, 3.05) is 13.2 Å². The van der Waals surface area contributed by atoms with E-state index in [-0.39, 0.29) is 30.9 Å². The van der Waals surface area contributed by atoms with Gasteiger partial charge in [-0.1, -0.05) is 61.4 Å². The van der Waals surface area contributed by atoms with Gasteiger partial charge in [0, 0.05) is 18.4 Å². The first-order valence-corrected chi connectivity index (χ1v) is 12.2. The monoisotopic (exact) mass is 480 g/mol. The minimum atomic E-state index is -1.30. The second kappa shape index (κ2) is 11.4. The van der Waals surface area contributed by atoms with Crippen molar-refractivity contribution in [3.05, 3.63) is 59.7 Å². The molecule has 0 heterocycles. The molecule has 0 saturated heterocycles. The fourth-order valence-electron chi connectivity index (χ4n) is 5.30. The molecule has 2 aliphatic rings. The van der Waals surface area contributed by atoms with Crippen molar-refractivity contribution >= 4 is 18.0 Å². The van der Waals surface area contributed by atoms with E-state index in [1.54, 1.807) is 0 Å². The molecule has 186 valence electrons. The Morgan fingerprint density at radius 2 is 1.60 bits per heavy atom. The van der Waals surface area contributed by atoms with Gasteiger partial charge in [0.1, 0.15) is 12.6 Å². The number of ether oxygens (including phenoxy) is 1. The number of amides is 2. The summed E-state index contributed by atoms with van der Waals surface area (Å²) in [5.74, 6) is -1.59. The van der Waals surface area contributed by atoms with Crippen molar-refractivity contribution in [3.8, 4) is 11.1 Å². The second-order valence-corrected chi connectivity index (χ2v) is 9.30. The van der Waals surface area contributed by atoms with Gasteiger partial charge in [0.2, 0.25) is 5.91 Å². The van der Waals surface area contributed by atoms with Gasteiger partial charge in [0.25, 0.3) is 0 Å². The maximum absolute atomic E-state index is 12.7. The van der Waals surface area contributed by atoms with Crippen LogP contribution in [0.25, 0.3) is 11.1 Å². The Hall–Kier alpha value is -3.39. The van der Waals surface area contributed by atoms with E-state index in [1.165, 1.54) is 11.1 Å². The molecule has 0 spiro atoms. The predicted molar refractivity (Wildman–Crippen MR) is 130 cm³/mol. The number of hydrogen-bond donors (Lipinski definition) is 4. The Labute approximate surface area is 204 Å². The Balaban J connectivity index is 1.31. The number of aliphatic hydroxyl groups is 1. The fourth-order valence-corrected chi connectivity index (χ4v) is 5.30. The molecular weight excluding hydrogens is 448 g/mol. The highest BCUT2D eigenvalue weighted by Crippen LogP contribution is 2.44. The number of alkyl carbamates (subject to hydrolysis) is 1. The lowest BCUT2D eigenvalue weighted by Crippen LogP contribution is -2.45. The van der Waals surface area contributed by atoms with Crippen LogP contribution in [0, 0.1) is 5.92 Å². The van der Waals surface area contributed by atoms with Crippen molar-refractivity contribution in [1.82, 2.24) is 10.6 Å². The van der Waals surface area contributed by atoms with Gasteiger partial charge in [-0.2, -0.15) is 0 Å². The number of benzene rings is 2. The molecule has 0 radical (unpaired) electrons. The molecule has 35 heavy (non-hydrogen) atoms. The summed E-state index contributed by atoms with van der Waals surface area (Å²) in [6, 6.07) is 15.0. The predicted octanol–water partition coefficient (Wildman–Crippen LogP) is 3.43. The molecule has 0 aliphatic heterocycles. The van der Waals surface area contributed by atoms with Crippen LogP contribution in [-0.2, 0) is 14.3 Å². The topological polar surface area (TPSA) is 125 Å². The third-order valence-electron chi connectivity index (χ3n) is 7.11. The number of carboxylic acid groups (broad SMARTS) is 1. The first-order valence-electron chi connectivity index (χ1n) is 12.2. The van der Waals surface area contributed by atoms with Crippen LogP contribution in [0.1, 0.15) is 55.6 Å². The van der Waals surface area contributed by atoms with E-state index in [0.29, 0.717) is 6.42 Å². The van der Waals surface area contributed by atoms with Crippen LogP contribution in [0.3, 0.4) is 0 Å². The van der Waals surface area contributed by atoms with E-state index in [1.807, 2.05) is 24.3 Å². The normalized spacial score (nSPS) is 19.8. The van der Waals surface area contributed by atoms with E-state index in [9.17, 15) is 14.4 Å². The van der Waals surface area contributed by atoms with E-state index in [0.717, 1.165) is 36.8 Å². The minimum Gasteiger partial charge on any atom is -0.480 e. The molecule has 8 nitrogen and oxygen atoms in total. The molecule has 2 aliphatic carbocycles. The Bertz CT molecular complexity index is 1030. The highest BCUT2D eigenvalue weighted by Gasteiger charge is 2.31. The lowest BCUT2D eigenvalue weighted by atomic mass is 9.81. The minimum absolute atomic E-state index is 0.00676. The van der Waals surface area contributed by atoms with E-state index < -0.39 is 30.6 Å². The summed E-state index contributed by atoms with van der Waals surface area (Å²) in [6.07, 6.45) is 3.90. The zero-order valence-electron chi connectivity index (χ0n) is 19.6. The van der Waals surface area contributed by atoms with Gasteiger partial charge in [0.05, 0.1) is 6.61 Å². The summed E-state index contributed by atoms with van der Waals surface area (Å²) in [5, 5.41) is 23.4. The standard InChI is InChI=1S/C27H32N2O6/c30-15-24(26(32)33)28-25(31)14-13-17-7-1-6-12-23(17)29-27(34)35-16-22-20-10-4-2-8-18(20)19-9-3-5-11-21(19)22/h2-5,8-11,17,22-24,30H,1,6-7,12-16H2,(H,28,31)(H,29,34)(H,32,33)/t17?,23?,24-/m0/s1. The molecule has 3 atom stereocenters. The van der Waals surface area contributed by atoms with Gasteiger partial charge < -0.3 is 25.6 Å². The van der Waals surface area contributed by atoms with Gasteiger partial charge >= 0.3 is 12.1 Å². The number of rotatable bonds is 9. The number of carboxylic acids is 1. The largest absolute Gasteiger partial charge is 0.480 e. The summed E-state index contributed by atoms with van der Waals surface area (Å²) < 4.78 is 5.69. The van der Waals surface area contributed by atoms with Crippen LogP contribution in [0.2, 0.25) is 0 Å². The van der Waals surface area contributed by atoms with Crippen molar-refractivity contribution in [2.45, 2.75) is 56.5 Å². The molecule has 2 amide bonds. The summed E-state index contributed by atoms with van der Waals surface area (Å²) in [5.41, 5.74) is 4.67. The third-order valence-corrected chi connectivity index (χ3v) is 7.11. The molecule has 2 unspecified atom stereocenters. The zero-order valence-corrected chi connectivity index (χ0v) is 19.6. The number of carbonyl (C=O) groups is 3. The van der Waals surface area contributed by atoms with Crippen LogP contribution in [0.5, 0.6) is 0 Å². The number of aliphatic hydroxyl groups excluding tert-OH is 1. The quantitative estimate of drug-likeness (QED) is 0.436. The van der Waals surface area contributed by atoms with E-state index in [2.05, 4.69) is 34.9 Å². The lowest BCUT2D eigenvalue weighted by Gasteiger charge is -2.32. The molecule has 0 bridgehead atoms. The Morgan fingerprint density at radius 3 is 2.23 bits per heavy atom. The van der Waals surface area contributed by atoms with Crippen LogP contribution in [0.15, 0.2) is 48.5 Å². The molecule has 8 heteroatoms.